The van der Waals surface area contributed by atoms with Crippen LogP contribution in [0.5, 0.6) is 5.75 Å². The lowest BCUT2D eigenvalue weighted by Gasteiger charge is -2.10. The number of carbonyl (C=O) groups is 1. The van der Waals surface area contributed by atoms with Crippen LogP contribution >= 0.6 is 27.5 Å². The van der Waals surface area contributed by atoms with Crippen LogP contribution in [-0.4, -0.2) is 17.8 Å². The van der Waals surface area contributed by atoms with Crippen molar-refractivity contribution >= 4 is 39.1 Å². The normalized spacial score (nSPS) is 9.80. The predicted octanol–water partition coefficient (Wildman–Crippen LogP) is 3.07. The van der Waals surface area contributed by atoms with E-state index in [0.717, 1.165) is 0 Å². The maximum absolute atomic E-state index is 11.2. The van der Waals surface area contributed by atoms with Crippen molar-refractivity contribution in [2.75, 3.05) is 17.3 Å². The molecule has 0 radical (unpaired) electrons. The van der Waals surface area contributed by atoms with Gasteiger partial charge in [0.25, 0.3) is 0 Å². The topological polar surface area (TPSA) is 38.3 Å². The Hall–Kier alpha value is -0.740. The van der Waals surface area contributed by atoms with E-state index in [9.17, 15) is 4.79 Å². The van der Waals surface area contributed by atoms with E-state index < -0.39 is 0 Å². The molecule has 1 aromatic carbocycles. The molecule has 1 aromatic rings. The highest BCUT2D eigenvalue weighted by molar-refractivity contribution is 9.09. The molecule has 5 heteroatoms. The number of rotatable bonds is 4. The van der Waals surface area contributed by atoms with E-state index in [2.05, 4.69) is 21.2 Å². The SMILES string of the molecule is CCOc1ccc(Cl)cc1NC(=O)CBr. The molecule has 1 N–H and O–H groups in total. The molecule has 0 saturated carbocycles. The van der Waals surface area contributed by atoms with Crippen molar-refractivity contribution in [3.8, 4) is 5.75 Å². The van der Waals surface area contributed by atoms with E-state index in [1.165, 1.54) is 0 Å². The molecular formula is C10H11BrClNO2. The zero-order valence-corrected chi connectivity index (χ0v) is 10.6. The molecule has 0 unspecified atom stereocenters. The van der Waals surface area contributed by atoms with Gasteiger partial charge in [-0.2, -0.15) is 0 Å². The van der Waals surface area contributed by atoms with Crippen molar-refractivity contribution in [1.29, 1.82) is 0 Å². The lowest BCUT2D eigenvalue weighted by Crippen LogP contribution is -2.13. The first-order valence-corrected chi connectivity index (χ1v) is 5.95. The van der Waals surface area contributed by atoms with Gasteiger partial charge in [0.1, 0.15) is 5.75 Å². The number of hydrogen-bond acceptors (Lipinski definition) is 2. The minimum atomic E-state index is -0.141. The molecule has 0 aliphatic heterocycles. The van der Waals surface area contributed by atoms with Crippen LogP contribution in [0.15, 0.2) is 18.2 Å². The number of alkyl halides is 1. The maximum atomic E-state index is 11.2. The van der Waals surface area contributed by atoms with E-state index in [1.54, 1.807) is 18.2 Å². The second kappa shape index (κ2) is 5.98. The molecule has 0 heterocycles. The standard InChI is InChI=1S/C10H11BrClNO2/c1-2-15-9-4-3-7(12)5-8(9)13-10(14)6-11/h3-5H,2,6H2,1H3,(H,13,14). The van der Waals surface area contributed by atoms with Crippen molar-refractivity contribution in [3.63, 3.8) is 0 Å². The van der Waals surface area contributed by atoms with Crippen LogP contribution in [-0.2, 0) is 4.79 Å². The lowest BCUT2D eigenvalue weighted by atomic mass is 10.3. The zero-order valence-electron chi connectivity index (χ0n) is 8.22. The minimum absolute atomic E-state index is 0.141. The van der Waals surface area contributed by atoms with Gasteiger partial charge in [-0.3, -0.25) is 4.79 Å². The third-order valence-corrected chi connectivity index (χ3v) is 2.38. The molecule has 0 fully saturated rings. The van der Waals surface area contributed by atoms with Gasteiger partial charge in [0.2, 0.25) is 5.91 Å². The van der Waals surface area contributed by atoms with Crippen molar-refractivity contribution < 1.29 is 9.53 Å². The Morgan fingerprint density at radius 3 is 2.93 bits per heavy atom. The Morgan fingerprint density at radius 1 is 1.60 bits per heavy atom. The summed E-state index contributed by atoms with van der Waals surface area (Å²) in [6.45, 7) is 2.42. The van der Waals surface area contributed by atoms with Crippen LogP contribution < -0.4 is 10.1 Å². The number of benzene rings is 1. The van der Waals surface area contributed by atoms with E-state index in [4.69, 9.17) is 16.3 Å². The van der Waals surface area contributed by atoms with Gasteiger partial charge in [-0.05, 0) is 25.1 Å². The zero-order chi connectivity index (χ0) is 11.3. The minimum Gasteiger partial charge on any atom is -0.492 e. The number of hydrogen-bond donors (Lipinski definition) is 1. The molecule has 0 atom stereocenters. The largest absolute Gasteiger partial charge is 0.492 e. The molecule has 15 heavy (non-hydrogen) atoms. The number of halogens is 2. The molecule has 0 spiro atoms. The summed E-state index contributed by atoms with van der Waals surface area (Å²) >= 11 is 8.89. The van der Waals surface area contributed by atoms with Gasteiger partial charge >= 0.3 is 0 Å². The summed E-state index contributed by atoms with van der Waals surface area (Å²) < 4.78 is 5.35. The fraction of sp³-hybridized carbons (Fsp3) is 0.300. The number of nitrogens with one attached hydrogen (secondary N) is 1. The molecule has 0 aliphatic rings. The molecule has 1 amide bonds. The second-order valence-electron chi connectivity index (χ2n) is 2.76. The molecule has 0 aliphatic carbocycles. The summed E-state index contributed by atoms with van der Waals surface area (Å²) in [4.78, 5) is 11.2. The first-order valence-electron chi connectivity index (χ1n) is 4.45. The molecule has 82 valence electrons. The van der Waals surface area contributed by atoms with E-state index in [-0.39, 0.29) is 11.2 Å². The number of amides is 1. The smallest absolute Gasteiger partial charge is 0.235 e. The van der Waals surface area contributed by atoms with Gasteiger partial charge in [0.05, 0.1) is 17.6 Å². The van der Waals surface area contributed by atoms with Crippen LogP contribution in [0.25, 0.3) is 0 Å². The van der Waals surface area contributed by atoms with Gasteiger partial charge in [0.15, 0.2) is 0 Å². The van der Waals surface area contributed by atoms with Gasteiger partial charge in [0, 0.05) is 5.02 Å². The summed E-state index contributed by atoms with van der Waals surface area (Å²) in [5.74, 6) is 0.481. The fourth-order valence-electron chi connectivity index (χ4n) is 1.06. The molecule has 1 rings (SSSR count). The highest BCUT2D eigenvalue weighted by atomic mass is 79.9. The number of anilines is 1. The monoisotopic (exact) mass is 291 g/mol. The highest BCUT2D eigenvalue weighted by Gasteiger charge is 2.07. The summed E-state index contributed by atoms with van der Waals surface area (Å²) in [6.07, 6.45) is 0. The lowest BCUT2D eigenvalue weighted by molar-refractivity contribution is -0.113. The van der Waals surface area contributed by atoms with Gasteiger partial charge < -0.3 is 10.1 Å². The Kier molecular flexibility index (Phi) is 4.91. The molecule has 3 nitrogen and oxygen atoms in total. The van der Waals surface area contributed by atoms with E-state index in [1.807, 2.05) is 6.92 Å². The molecule has 0 saturated heterocycles. The summed E-state index contributed by atoms with van der Waals surface area (Å²) in [5, 5.41) is 3.49. The van der Waals surface area contributed by atoms with Crippen LogP contribution in [0.3, 0.4) is 0 Å². The van der Waals surface area contributed by atoms with Gasteiger partial charge in [-0.1, -0.05) is 27.5 Å². The van der Waals surface area contributed by atoms with E-state index >= 15 is 0 Å². The van der Waals surface area contributed by atoms with Crippen molar-refractivity contribution in [3.05, 3.63) is 23.2 Å². The van der Waals surface area contributed by atoms with Gasteiger partial charge in [-0.15, -0.1) is 0 Å². The maximum Gasteiger partial charge on any atom is 0.235 e. The Labute approximate surface area is 102 Å². The number of carbonyl (C=O) groups excluding carboxylic acids is 1. The van der Waals surface area contributed by atoms with Crippen molar-refractivity contribution in [2.24, 2.45) is 0 Å². The first-order chi connectivity index (χ1) is 7.17. The van der Waals surface area contributed by atoms with Gasteiger partial charge in [-0.25, -0.2) is 0 Å². The molecule has 0 aromatic heterocycles. The van der Waals surface area contributed by atoms with Crippen LogP contribution in [0.1, 0.15) is 6.92 Å². The highest BCUT2D eigenvalue weighted by Crippen LogP contribution is 2.27. The van der Waals surface area contributed by atoms with Crippen LogP contribution in [0.4, 0.5) is 5.69 Å². The third-order valence-electron chi connectivity index (χ3n) is 1.64. The second-order valence-corrected chi connectivity index (χ2v) is 3.75. The summed E-state index contributed by atoms with van der Waals surface area (Å²) in [5.41, 5.74) is 0.591. The van der Waals surface area contributed by atoms with Crippen LogP contribution in [0.2, 0.25) is 5.02 Å². The summed E-state index contributed by atoms with van der Waals surface area (Å²) in [7, 11) is 0. The number of ether oxygens (including phenoxy) is 1. The Balaban J connectivity index is 2.91. The third kappa shape index (κ3) is 3.72. The summed E-state index contributed by atoms with van der Waals surface area (Å²) in [6, 6.07) is 5.11. The quantitative estimate of drug-likeness (QED) is 0.866. The average molecular weight is 293 g/mol. The first kappa shape index (κ1) is 12.3. The molecule has 0 bridgehead atoms. The Bertz CT molecular complexity index is 357. The van der Waals surface area contributed by atoms with E-state index in [0.29, 0.717) is 23.1 Å². The Morgan fingerprint density at radius 2 is 2.33 bits per heavy atom. The predicted molar refractivity (Wildman–Crippen MR) is 65.0 cm³/mol. The average Bonchev–Trinajstić information content (AvgIpc) is 2.22. The van der Waals surface area contributed by atoms with Crippen molar-refractivity contribution in [1.82, 2.24) is 0 Å². The fourth-order valence-corrected chi connectivity index (χ4v) is 1.38. The van der Waals surface area contributed by atoms with Crippen molar-refractivity contribution in [2.45, 2.75) is 6.92 Å². The molecular weight excluding hydrogens is 281 g/mol. The van der Waals surface area contributed by atoms with Crippen LogP contribution in [0, 0.1) is 0 Å².